The lowest BCUT2D eigenvalue weighted by Gasteiger charge is -2.11. The summed E-state index contributed by atoms with van der Waals surface area (Å²) >= 11 is 0. The zero-order valence-corrected chi connectivity index (χ0v) is 9.28. The number of hydrogen-bond acceptors (Lipinski definition) is 2. The lowest BCUT2D eigenvalue weighted by molar-refractivity contribution is 0.413. The van der Waals surface area contributed by atoms with Crippen molar-refractivity contribution < 1.29 is 4.74 Å². The molecule has 1 aliphatic carbocycles. The Balaban J connectivity index is 2.09. The number of hydrogen-bond donors (Lipinski definition) is 1. The summed E-state index contributed by atoms with van der Waals surface area (Å²) in [5, 5.41) is 0. The van der Waals surface area contributed by atoms with Crippen molar-refractivity contribution in [3.05, 3.63) is 29.8 Å². The second kappa shape index (κ2) is 4.67. The molecule has 2 nitrogen and oxygen atoms in total. The number of ether oxygens (including phenoxy) is 1. The van der Waals surface area contributed by atoms with E-state index < -0.39 is 0 Å². The van der Waals surface area contributed by atoms with E-state index in [2.05, 4.69) is 18.2 Å². The molecule has 0 heterocycles. The third-order valence-corrected chi connectivity index (χ3v) is 3.44. The van der Waals surface area contributed by atoms with Crippen molar-refractivity contribution in [2.24, 2.45) is 11.7 Å². The Morgan fingerprint density at radius 3 is 2.93 bits per heavy atom. The van der Waals surface area contributed by atoms with Crippen molar-refractivity contribution in [1.82, 2.24) is 0 Å². The topological polar surface area (TPSA) is 35.2 Å². The second-order valence-electron chi connectivity index (χ2n) is 4.39. The van der Waals surface area contributed by atoms with E-state index in [0.29, 0.717) is 5.92 Å². The molecule has 82 valence electrons. The Kier molecular flexibility index (Phi) is 3.27. The van der Waals surface area contributed by atoms with E-state index in [4.69, 9.17) is 10.5 Å². The van der Waals surface area contributed by atoms with Crippen molar-refractivity contribution in [3.63, 3.8) is 0 Å². The summed E-state index contributed by atoms with van der Waals surface area (Å²) in [6, 6.07) is 8.43. The summed E-state index contributed by atoms with van der Waals surface area (Å²) in [6.45, 7) is 0.834. The van der Waals surface area contributed by atoms with E-state index in [0.717, 1.165) is 18.2 Å². The molecule has 1 saturated carbocycles. The first-order valence-electron chi connectivity index (χ1n) is 5.67. The molecule has 1 fully saturated rings. The van der Waals surface area contributed by atoms with Crippen LogP contribution in [0.3, 0.4) is 0 Å². The monoisotopic (exact) mass is 205 g/mol. The molecule has 1 aromatic rings. The molecule has 15 heavy (non-hydrogen) atoms. The first-order chi connectivity index (χ1) is 7.33. The Bertz CT molecular complexity index is 324. The molecule has 2 atom stereocenters. The van der Waals surface area contributed by atoms with Crippen LogP contribution in [0.2, 0.25) is 0 Å². The van der Waals surface area contributed by atoms with Crippen LogP contribution in [0.15, 0.2) is 24.3 Å². The van der Waals surface area contributed by atoms with Gasteiger partial charge in [-0.3, -0.25) is 0 Å². The minimum absolute atomic E-state index is 0.689. The quantitative estimate of drug-likeness (QED) is 0.823. The predicted octanol–water partition coefficient (Wildman–Crippen LogP) is 2.54. The molecule has 2 N–H and O–H groups in total. The van der Waals surface area contributed by atoms with Crippen molar-refractivity contribution in [2.45, 2.75) is 25.2 Å². The van der Waals surface area contributed by atoms with Crippen LogP contribution in [-0.4, -0.2) is 13.7 Å². The number of benzene rings is 1. The van der Waals surface area contributed by atoms with Gasteiger partial charge in [-0.25, -0.2) is 0 Å². The minimum Gasteiger partial charge on any atom is -0.497 e. The van der Waals surface area contributed by atoms with E-state index in [9.17, 15) is 0 Å². The van der Waals surface area contributed by atoms with Crippen molar-refractivity contribution >= 4 is 0 Å². The summed E-state index contributed by atoms with van der Waals surface area (Å²) in [4.78, 5) is 0. The summed E-state index contributed by atoms with van der Waals surface area (Å²) in [5.74, 6) is 2.37. The fraction of sp³-hybridized carbons (Fsp3) is 0.538. The van der Waals surface area contributed by atoms with Gasteiger partial charge < -0.3 is 10.5 Å². The summed E-state index contributed by atoms with van der Waals surface area (Å²) in [5.41, 5.74) is 7.11. The number of nitrogens with two attached hydrogens (primary N) is 1. The first-order valence-corrected chi connectivity index (χ1v) is 5.67. The molecule has 0 aliphatic heterocycles. The Morgan fingerprint density at radius 1 is 1.40 bits per heavy atom. The maximum Gasteiger partial charge on any atom is 0.119 e. The average Bonchev–Trinajstić information content (AvgIpc) is 2.78. The molecule has 0 aromatic heterocycles. The fourth-order valence-corrected chi connectivity index (χ4v) is 2.49. The third kappa shape index (κ3) is 2.32. The highest BCUT2D eigenvalue weighted by atomic mass is 16.5. The van der Waals surface area contributed by atoms with Gasteiger partial charge in [0.2, 0.25) is 0 Å². The Labute approximate surface area is 91.4 Å². The van der Waals surface area contributed by atoms with Crippen molar-refractivity contribution in [2.75, 3.05) is 13.7 Å². The molecule has 2 rings (SSSR count). The molecule has 0 saturated heterocycles. The van der Waals surface area contributed by atoms with Gasteiger partial charge in [-0.2, -0.15) is 0 Å². The molecular weight excluding hydrogens is 186 g/mol. The predicted molar refractivity (Wildman–Crippen MR) is 62.1 cm³/mol. The lowest BCUT2D eigenvalue weighted by atomic mass is 9.96. The number of methoxy groups -OCH3 is 1. The van der Waals surface area contributed by atoms with Crippen molar-refractivity contribution in [3.8, 4) is 5.75 Å². The standard InChI is InChI=1S/C13H19NO/c1-15-13-4-2-3-11(8-13)12-6-5-10(7-12)9-14/h2-4,8,10,12H,5-7,9,14H2,1H3. The first kappa shape index (κ1) is 10.5. The summed E-state index contributed by atoms with van der Waals surface area (Å²) < 4.78 is 5.24. The highest BCUT2D eigenvalue weighted by Crippen LogP contribution is 2.38. The highest BCUT2D eigenvalue weighted by molar-refractivity contribution is 5.31. The van der Waals surface area contributed by atoms with Gasteiger partial charge in [0.1, 0.15) is 5.75 Å². The lowest BCUT2D eigenvalue weighted by Crippen LogP contribution is -2.10. The summed E-state index contributed by atoms with van der Waals surface area (Å²) in [7, 11) is 1.72. The van der Waals surface area contributed by atoms with Crippen LogP contribution in [0.4, 0.5) is 0 Å². The van der Waals surface area contributed by atoms with Gasteiger partial charge in [-0.1, -0.05) is 12.1 Å². The molecule has 1 aromatic carbocycles. The van der Waals surface area contributed by atoms with E-state index >= 15 is 0 Å². The van der Waals surface area contributed by atoms with Gasteiger partial charge in [0.25, 0.3) is 0 Å². The zero-order chi connectivity index (χ0) is 10.7. The maximum atomic E-state index is 5.71. The van der Waals surface area contributed by atoms with Gasteiger partial charge in [0.15, 0.2) is 0 Å². The van der Waals surface area contributed by atoms with E-state index in [1.807, 2.05) is 6.07 Å². The molecular formula is C13H19NO. The molecule has 1 aliphatic rings. The third-order valence-electron chi connectivity index (χ3n) is 3.44. The van der Waals surface area contributed by atoms with E-state index in [-0.39, 0.29) is 0 Å². The van der Waals surface area contributed by atoms with Crippen molar-refractivity contribution in [1.29, 1.82) is 0 Å². The molecule has 0 amide bonds. The normalized spacial score (nSPS) is 25.5. The zero-order valence-electron chi connectivity index (χ0n) is 9.28. The van der Waals surface area contributed by atoms with Crippen LogP contribution in [0.25, 0.3) is 0 Å². The smallest absolute Gasteiger partial charge is 0.119 e. The van der Waals surface area contributed by atoms with Gasteiger partial charge in [0, 0.05) is 0 Å². The van der Waals surface area contributed by atoms with Crippen LogP contribution in [-0.2, 0) is 0 Å². The minimum atomic E-state index is 0.689. The highest BCUT2D eigenvalue weighted by Gasteiger charge is 2.24. The number of rotatable bonds is 3. The molecule has 2 unspecified atom stereocenters. The van der Waals surface area contributed by atoms with Crippen LogP contribution in [0.5, 0.6) is 5.75 Å². The van der Waals surface area contributed by atoms with Gasteiger partial charge >= 0.3 is 0 Å². The Hall–Kier alpha value is -1.02. The van der Waals surface area contributed by atoms with Crippen LogP contribution in [0, 0.1) is 5.92 Å². The van der Waals surface area contributed by atoms with Crippen LogP contribution >= 0.6 is 0 Å². The fourth-order valence-electron chi connectivity index (χ4n) is 2.49. The maximum absolute atomic E-state index is 5.71. The van der Waals surface area contributed by atoms with E-state index in [1.165, 1.54) is 24.8 Å². The van der Waals surface area contributed by atoms with Gasteiger partial charge in [-0.15, -0.1) is 0 Å². The Morgan fingerprint density at radius 2 is 2.27 bits per heavy atom. The molecule has 2 heteroatoms. The van der Waals surface area contributed by atoms with Crippen LogP contribution < -0.4 is 10.5 Å². The second-order valence-corrected chi connectivity index (χ2v) is 4.39. The van der Waals surface area contributed by atoms with Crippen LogP contribution in [0.1, 0.15) is 30.7 Å². The summed E-state index contributed by atoms with van der Waals surface area (Å²) in [6.07, 6.45) is 3.79. The largest absolute Gasteiger partial charge is 0.497 e. The van der Waals surface area contributed by atoms with Gasteiger partial charge in [-0.05, 0) is 55.3 Å². The van der Waals surface area contributed by atoms with E-state index in [1.54, 1.807) is 7.11 Å². The molecule has 0 radical (unpaired) electrons. The SMILES string of the molecule is COc1cccc(C2CCC(CN)C2)c1. The molecule has 0 bridgehead atoms. The molecule has 0 spiro atoms. The average molecular weight is 205 g/mol. The van der Waals surface area contributed by atoms with Gasteiger partial charge in [0.05, 0.1) is 7.11 Å².